The van der Waals surface area contributed by atoms with Crippen molar-refractivity contribution in [2.75, 3.05) is 13.2 Å². The Labute approximate surface area is 127 Å². The Morgan fingerprint density at radius 3 is 2.57 bits per heavy atom. The Morgan fingerprint density at radius 1 is 1.33 bits per heavy atom. The first kappa shape index (κ1) is 17.5. The summed E-state index contributed by atoms with van der Waals surface area (Å²) in [6.07, 6.45) is 0.293. The highest BCUT2D eigenvalue weighted by molar-refractivity contribution is 5.67. The summed E-state index contributed by atoms with van der Waals surface area (Å²) in [6, 6.07) is 6.29. The van der Waals surface area contributed by atoms with Crippen molar-refractivity contribution in [1.29, 1.82) is 0 Å². The minimum atomic E-state index is -0.508. The van der Waals surface area contributed by atoms with Gasteiger partial charge in [0, 0.05) is 19.1 Å². The second-order valence-electron chi connectivity index (χ2n) is 6.57. The zero-order chi connectivity index (χ0) is 16.0. The number of nitrogens with one attached hydrogen (secondary N) is 1. The molecule has 1 unspecified atom stereocenters. The topological polar surface area (TPSA) is 58.6 Å². The molecule has 1 aromatic rings. The largest absolute Gasteiger partial charge is 0.444 e. The third-order valence-corrected chi connectivity index (χ3v) is 3.21. The van der Waals surface area contributed by atoms with E-state index in [1.807, 2.05) is 20.8 Å². The highest BCUT2D eigenvalue weighted by Crippen LogP contribution is 2.15. The van der Waals surface area contributed by atoms with Crippen molar-refractivity contribution in [2.24, 2.45) is 5.92 Å². The Hall–Kier alpha value is -1.55. The standard InChI is InChI=1S/C17H27NO3/c1-12-6-7-13(2)15(8-12)9-14(11-19)10-18-16(20)21-17(3,4)5/h6-8,14,19H,9-11H2,1-5H3,(H,18,20). The molecule has 2 N–H and O–H groups in total. The van der Waals surface area contributed by atoms with Gasteiger partial charge in [0.15, 0.2) is 0 Å². The molecular formula is C17H27NO3. The number of carbonyl (C=O) groups excluding carboxylic acids is 1. The number of aryl methyl sites for hydroxylation is 2. The van der Waals surface area contributed by atoms with Gasteiger partial charge < -0.3 is 15.2 Å². The quantitative estimate of drug-likeness (QED) is 0.877. The summed E-state index contributed by atoms with van der Waals surface area (Å²) in [7, 11) is 0. The summed E-state index contributed by atoms with van der Waals surface area (Å²) in [5, 5.41) is 12.2. The van der Waals surface area contributed by atoms with E-state index >= 15 is 0 Å². The average molecular weight is 293 g/mol. The summed E-state index contributed by atoms with van der Waals surface area (Å²) in [6.45, 7) is 10.0. The fourth-order valence-corrected chi connectivity index (χ4v) is 2.07. The lowest BCUT2D eigenvalue weighted by Gasteiger charge is -2.21. The number of aliphatic hydroxyl groups excluding tert-OH is 1. The molecule has 4 nitrogen and oxygen atoms in total. The van der Waals surface area contributed by atoms with Gasteiger partial charge in [0.05, 0.1) is 0 Å². The van der Waals surface area contributed by atoms with Crippen LogP contribution in [0.1, 0.15) is 37.5 Å². The molecule has 1 rings (SSSR count). The van der Waals surface area contributed by atoms with Crippen LogP contribution in [0.2, 0.25) is 0 Å². The van der Waals surface area contributed by atoms with E-state index in [9.17, 15) is 9.90 Å². The summed E-state index contributed by atoms with van der Waals surface area (Å²) in [5.41, 5.74) is 3.11. The lowest BCUT2D eigenvalue weighted by atomic mass is 9.95. The summed E-state index contributed by atoms with van der Waals surface area (Å²) in [5.74, 6) is -0.0157. The molecule has 1 aromatic carbocycles. The summed E-state index contributed by atoms with van der Waals surface area (Å²) < 4.78 is 5.19. The van der Waals surface area contributed by atoms with Gasteiger partial charge in [-0.25, -0.2) is 4.79 Å². The number of hydrogen-bond donors (Lipinski definition) is 2. The second-order valence-corrected chi connectivity index (χ2v) is 6.57. The average Bonchev–Trinajstić information content (AvgIpc) is 2.36. The van der Waals surface area contributed by atoms with Gasteiger partial charge in [-0.05, 0) is 52.2 Å². The van der Waals surface area contributed by atoms with Gasteiger partial charge in [-0.1, -0.05) is 23.8 Å². The number of aliphatic hydroxyl groups is 1. The Bertz CT molecular complexity index is 477. The number of benzene rings is 1. The molecule has 0 aliphatic rings. The van der Waals surface area contributed by atoms with Crippen molar-refractivity contribution < 1.29 is 14.6 Å². The lowest BCUT2D eigenvalue weighted by Crippen LogP contribution is -2.36. The molecular weight excluding hydrogens is 266 g/mol. The summed E-state index contributed by atoms with van der Waals surface area (Å²) in [4.78, 5) is 11.6. The molecule has 0 spiro atoms. The first-order chi connectivity index (χ1) is 9.71. The van der Waals surface area contributed by atoms with Gasteiger partial charge in [-0.3, -0.25) is 0 Å². The fourth-order valence-electron chi connectivity index (χ4n) is 2.07. The van der Waals surface area contributed by atoms with Crippen molar-refractivity contribution in [3.8, 4) is 0 Å². The van der Waals surface area contributed by atoms with Crippen LogP contribution < -0.4 is 5.32 Å². The molecule has 118 valence electrons. The Morgan fingerprint density at radius 2 is 2.00 bits per heavy atom. The number of carbonyl (C=O) groups is 1. The van der Waals surface area contributed by atoms with E-state index in [0.717, 1.165) is 6.42 Å². The molecule has 0 saturated heterocycles. The molecule has 0 aromatic heterocycles. The third kappa shape index (κ3) is 6.63. The van der Waals surface area contributed by atoms with E-state index in [0.29, 0.717) is 6.54 Å². The Kier molecular flexibility index (Phi) is 6.21. The second kappa shape index (κ2) is 7.46. The van der Waals surface area contributed by atoms with Crippen LogP contribution in [0.3, 0.4) is 0 Å². The van der Waals surface area contributed by atoms with E-state index in [1.54, 1.807) is 0 Å². The SMILES string of the molecule is Cc1ccc(C)c(CC(CO)CNC(=O)OC(C)(C)C)c1. The number of hydrogen-bond acceptors (Lipinski definition) is 3. The molecule has 0 aliphatic carbocycles. The van der Waals surface area contributed by atoms with Crippen LogP contribution in [-0.2, 0) is 11.2 Å². The third-order valence-electron chi connectivity index (χ3n) is 3.21. The van der Waals surface area contributed by atoms with Gasteiger partial charge >= 0.3 is 6.09 Å². The fraction of sp³-hybridized carbons (Fsp3) is 0.588. The van der Waals surface area contributed by atoms with Crippen molar-refractivity contribution in [1.82, 2.24) is 5.32 Å². The number of rotatable bonds is 5. The molecule has 1 atom stereocenters. The van der Waals surface area contributed by atoms with Crippen LogP contribution in [0.5, 0.6) is 0 Å². The van der Waals surface area contributed by atoms with Crippen molar-refractivity contribution in [3.05, 3.63) is 34.9 Å². The predicted molar refractivity (Wildman–Crippen MR) is 84.4 cm³/mol. The molecule has 4 heteroatoms. The van der Waals surface area contributed by atoms with E-state index in [1.165, 1.54) is 16.7 Å². The van der Waals surface area contributed by atoms with Gasteiger partial charge in [0.2, 0.25) is 0 Å². The van der Waals surface area contributed by atoms with E-state index < -0.39 is 11.7 Å². The van der Waals surface area contributed by atoms with E-state index in [4.69, 9.17) is 4.74 Å². The van der Waals surface area contributed by atoms with Gasteiger partial charge in [-0.15, -0.1) is 0 Å². The number of ether oxygens (including phenoxy) is 1. The maximum Gasteiger partial charge on any atom is 0.407 e. The molecule has 21 heavy (non-hydrogen) atoms. The zero-order valence-electron chi connectivity index (χ0n) is 13.7. The van der Waals surface area contributed by atoms with Crippen molar-refractivity contribution >= 4 is 6.09 Å². The predicted octanol–water partition coefficient (Wildman–Crippen LogP) is 2.98. The highest BCUT2D eigenvalue weighted by atomic mass is 16.6. The minimum absolute atomic E-state index is 0.0157. The van der Waals surface area contributed by atoms with Crippen LogP contribution in [-0.4, -0.2) is 30.0 Å². The van der Waals surface area contributed by atoms with Crippen LogP contribution in [0.15, 0.2) is 18.2 Å². The minimum Gasteiger partial charge on any atom is -0.444 e. The van der Waals surface area contributed by atoms with Gasteiger partial charge in [-0.2, -0.15) is 0 Å². The number of amides is 1. The van der Waals surface area contributed by atoms with Gasteiger partial charge in [0.1, 0.15) is 5.60 Å². The Balaban J connectivity index is 2.56. The summed E-state index contributed by atoms with van der Waals surface area (Å²) >= 11 is 0. The van der Waals surface area contributed by atoms with Crippen LogP contribution in [0, 0.1) is 19.8 Å². The molecule has 0 heterocycles. The zero-order valence-corrected chi connectivity index (χ0v) is 13.7. The van der Waals surface area contributed by atoms with Crippen molar-refractivity contribution in [2.45, 2.75) is 46.6 Å². The molecule has 0 saturated carbocycles. The van der Waals surface area contributed by atoms with Crippen LogP contribution in [0.4, 0.5) is 4.79 Å². The lowest BCUT2D eigenvalue weighted by molar-refractivity contribution is 0.0512. The molecule has 0 radical (unpaired) electrons. The molecule has 1 amide bonds. The van der Waals surface area contributed by atoms with Gasteiger partial charge in [0.25, 0.3) is 0 Å². The number of alkyl carbamates (subject to hydrolysis) is 1. The molecule has 0 aliphatic heterocycles. The maximum atomic E-state index is 11.6. The molecule has 0 bridgehead atoms. The van der Waals surface area contributed by atoms with E-state index in [-0.39, 0.29) is 12.5 Å². The highest BCUT2D eigenvalue weighted by Gasteiger charge is 2.17. The monoisotopic (exact) mass is 293 g/mol. The van der Waals surface area contributed by atoms with E-state index in [2.05, 4.69) is 37.4 Å². The van der Waals surface area contributed by atoms with Crippen molar-refractivity contribution in [3.63, 3.8) is 0 Å². The first-order valence-corrected chi connectivity index (χ1v) is 7.35. The molecule has 0 fully saturated rings. The van der Waals surface area contributed by atoms with Crippen LogP contribution in [0.25, 0.3) is 0 Å². The smallest absolute Gasteiger partial charge is 0.407 e. The normalized spacial score (nSPS) is 12.9. The first-order valence-electron chi connectivity index (χ1n) is 7.35. The maximum absolute atomic E-state index is 11.6. The van der Waals surface area contributed by atoms with Crippen LogP contribution >= 0.6 is 0 Å².